The third-order valence-corrected chi connectivity index (χ3v) is 1.86. The fraction of sp³-hybridized carbons (Fsp3) is 0.300. The summed E-state index contributed by atoms with van der Waals surface area (Å²) in [6.07, 6.45) is 1.88. The molecule has 1 aromatic rings. The van der Waals surface area contributed by atoms with Crippen molar-refractivity contribution >= 4 is 6.08 Å². The highest BCUT2D eigenvalue weighted by Crippen LogP contribution is 2.22. The Labute approximate surface area is 80.3 Å². The maximum Gasteiger partial charge on any atom is 0.235 e. The molecule has 0 radical (unpaired) electrons. The molecule has 0 aliphatic heterocycles. The summed E-state index contributed by atoms with van der Waals surface area (Å²) in [5.41, 5.74) is 0.355. The van der Waals surface area contributed by atoms with Crippen LogP contribution in [0.2, 0.25) is 0 Å². The van der Waals surface area contributed by atoms with Gasteiger partial charge >= 0.3 is 0 Å². The van der Waals surface area contributed by atoms with Gasteiger partial charge in [0.15, 0.2) is 0 Å². The molecular weight excluding hydrogens is 188 g/mol. The van der Waals surface area contributed by atoms with E-state index in [1.54, 1.807) is 6.92 Å². The lowest BCUT2D eigenvalue weighted by Crippen LogP contribution is -1.95. The van der Waals surface area contributed by atoms with Crippen LogP contribution in [0.25, 0.3) is 0 Å². The van der Waals surface area contributed by atoms with Gasteiger partial charge < -0.3 is 0 Å². The summed E-state index contributed by atoms with van der Waals surface area (Å²) in [4.78, 5) is 13.5. The van der Waals surface area contributed by atoms with Crippen LogP contribution in [0.15, 0.2) is 23.2 Å². The second kappa shape index (κ2) is 4.63. The second-order valence-electron chi connectivity index (χ2n) is 2.85. The Hall–Kier alpha value is -1.54. The molecule has 0 saturated heterocycles. The molecule has 0 amide bonds. The zero-order chi connectivity index (χ0) is 10.6. The van der Waals surface area contributed by atoms with Crippen LogP contribution >= 0.6 is 0 Å². The number of hydrogen-bond donors (Lipinski definition) is 0. The van der Waals surface area contributed by atoms with Crippen molar-refractivity contribution in [2.24, 2.45) is 4.99 Å². The highest BCUT2D eigenvalue weighted by atomic mass is 19.1. The smallest absolute Gasteiger partial charge is 0.211 e. The van der Waals surface area contributed by atoms with E-state index in [2.05, 4.69) is 4.99 Å². The molecule has 0 saturated carbocycles. The minimum absolute atomic E-state index is 0.355. The van der Waals surface area contributed by atoms with E-state index in [4.69, 9.17) is 0 Å². The quantitative estimate of drug-likeness (QED) is 0.541. The molecule has 4 heteroatoms. The van der Waals surface area contributed by atoms with Crippen molar-refractivity contribution in [1.29, 1.82) is 0 Å². The van der Waals surface area contributed by atoms with Crippen LogP contribution in [-0.4, -0.2) is 6.08 Å². The Balaban J connectivity index is 3.09. The summed E-state index contributed by atoms with van der Waals surface area (Å²) in [5, 5.41) is 0. The summed E-state index contributed by atoms with van der Waals surface area (Å²) in [5.74, 6) is -1.33. The molecule has 14 heavy (non-hydrogen) atoms. The monoisotopic (exact) mass is 197 g/mol. The van der Waals surface area contributed by atoms with Crippen molar-refractivity contribution in [2.45, 2.75) is 19.4 Å². The Bertz CT molecular complexity index is 352. The molecule has 0 N–H and O–H groups in total. The molecule has 0 aromatic heterocycles. The van der Waals surface area contributed by atoms with Gasteiger partial charge in [-0.2, -0.15) is 4.99 Å². The predicted octanol–water partition coefficient (Wildman–Crippen LogP) is 2.75. The van der Waals surface area contributed by atoms with Gasteiger partial charge in [0.2, 0.25) is 6.08 Å². The van der Waals surface area contributed by atoms with E-state index in [0.717, 1.165) is 18.2 Å². The molecule has 0 unspecified atom stereocenters. The number of isocyanates is 1. The molecule has 0 spiro atoms. The molecule has 1 aromatic carbocycles. The van der Waals surface area contributed by atoms with E-state index in [9.17, 15) is 13.6 Å². The SMILES string of the molecule is CC[C@@H](N=C=O)c1cc(F)cc(F)c1. The number of nitrogens with zero attached hydrogens (tertiary/aromatic N) is 1. The van der Waals surface area contributed by atoms with Crippen LogP contribution in [0.3, 0.4) is 0 Å². The molecule has 0 aliphatic carbocycles. The van der Waals surface area contributed by atoms with Crippen molar-refractivity contribution in [3.05, 3.63) is 35.4 Å². The lowest BCUT2D eigenvalue weighted by molar-refractivity contribution is 0.551. The Morgan fingerprint density at radius 1 is 1.36 bits per heavy atom. The lowest BCUT2D eigenvalue weighted by Gasteiger charge is -2.07. The summed E-state index contributed by atoms with van der Waals surface area (Å²) < 4.78 is 25.6. The van der Waals surface area contributed by atoms with Crippen LogP contribution in [0.4, 0.5) is 8.78 Å². The van der Waals surface area contributed by atoms with E-state index < -0.39 is 17.7 Å². The molecule has 0 aliphatic rings. The maximum absolute atomic E-state index is 12.8. The van der Waals surface area contributed by atoms with Gasteiger partial charge in [-0.15, -0.1) is 0 Å². The van der Waals surface area contributed by atoms with Crippen molar-refractivity contribution < 1.29 is 13.6 Å². The molecule has 0 fully saturated rings. The average Bonchev–Trinajstić information content (AvgIpc) is 2.12. The van der Waals surface area contributed by atoms with Gasteiger partial charge in [0.1, 0.15) is 11.6 Å². The van der Waals surface area contributed by atoms with Crippen LogP contribution < -0.4 is 0 Å². The number of aliphatic imine (C=N–C) groups is 1. The van der Waals surface area contributed by atoms with Crippen LogP contribution in [0.5, 0.6) is 0 Å². The first kappa shape index (κ1) is 10.5. The molecule has 1 atom stereocenters. The van der Waals surface area contributed by atoms with Gasteiger partial charge in [-0.05, 0) is 24.1 Å². The van der Waals surface area contributed by atoms with Crippen molar-refractivity contribution in [3.63, 3.8) is 0 Å². The third kappa shape index (κ3) is 2.47. The highest BCUT2D eigenvalue weighted by molar-refractivity contribution is 5.35. The largest absolute Gasteiger partial charge is 0.235 e. The average molecular weight is 197 g/mol. The first-order chi connectivity index (χ1) is 6.67. The van der Waals surface area contributed by atoms with Gasteiger partial charge in [0.05, 0.1) is 6.04 Å². The fourth-order valence-corrected chi connectivity index (χ4v) is 1.23. The summed E-state index contributed by atoms with van der Waals surface area (Å²) in [6.45, 7) is 1.77. The van der Waals surface area contributed by atoms with Crippen LogP contribution in [0, 0.1) is 11.6 Å². The first-order valence-electron chi connectivity index (χ1n) is 4.20. The van der Waals surface area contributed by atoms with E-state index in [1.165, 1.54) is 6.08 Å². The predicted molar refractivity (Wildman–Crippen MR) is 47.5 cm³/mol. The summed E-state index contributed by atoms with van der Waals surface area (Å²) >= 11 is 0. The number of carbonyl (C=O) groups excluding carboxylic acids is 1. The van der Waals surface area contributed by atoms with E-state index in [-0.39, 0.29) is 0 Å². The van der Waals surface area contributed by atoms with Crippen molar-refractivity contribution in [3.8, 4) is 0 Å². The second-order valence-corrected chi connectivity index (χ2v) is 2.85. The zero-order valence-corrected chi connectivity index (χ0v) is 7.63. The molecule has 0 heterocycles. The van der Waals surface area contributed by atoms with Crippen molar-refractivity contribution in [1.82, 2.24) is 0 Å². The molecule has 1 rings (SSSR count). The van der Waals surface area contributed by atoms with Crippen LogP contribution in [0.1, 0.15) is 24.9 Å². The van der Waals surface area contributed by atoms with E-state index >= 15 is 0 Å². The van der Waals surface area contributed by atoms with Gasteiger partial charge in [-0.3, -0.25) is 0 Å². The van der Waals surface area contributed by atoms with E-state index in [1.807, 2.05) is 0 Å². The number of hydrogen-bond acceptors (Lipinski definition) is 2. The molecule has 0 bridgehead atoms. The standard InChI is InChI=1S/C10H9F2NO/c1-2-10(13-6-14)7-3-8(11)5-9(12)4-7/h3-5,10H,2H2,1H3/t10-/m1/s1. The van der Waals surface area contributed by atoms with Gasteiger partial charge in [-0.25, -0.2) is 13.6 Å². The molecule has 2 nitrogen and oxygen atoms in total. The molecule has 74 valence electrons. The zero-order valence-electron chi connectivity index (χ0n) is 7.63. The van der Waals surface area contributed by atoms with Gasteiger partial charge in [0, 0.05) is 6.07 Å². The summed E-state index contributed by atoms with van der Waals surface area (Å²) in [6, 6.07) is 2.59. The minimum atomic E-state index is -0.667. The van der Waals surface area contributed by atoms with Crippen LogP contribution in [-0.2, 0) is 4.79 Å². The number of rotatable bonds is 3. The fourth-order valence-electron chi connectivity index (χ4n) is 1.23. The highest BCUT2D eigenvalue weighted by Gasteiger charge is 2.10. The van der Waals surface area contributed by atoms with Crippen molar-refractivity contribution in [2.75, 3.05) is 0 Å². The lowest BCUT2D eigenvalue weighted by atomic mass is 10.1. The Morgan fingerprint density at radius 3 is 2.36 bits per heavy atom. The Kier molecular flexibility index (Phi) is 3.48. The van der Waals surface area contributed by atoms with Gasteiger partial charge in [0.25, 0.3) is 0 Å². The number of halogens is 2. The topological polar surface area (TPSA) is 29.4 Å². The Morgan fingerprint density at radius 2 is 1.93 bits per heavy atom. The van der Waals surface area contributed by atoms with E-state index in [0.29, 0.717) is 12.0 Å². The maximum atomic E-state index is 12.8. The molecular formula is C10H9F2NO. The number of benzene rings is 1. The van der Waals surface area contributed by atoms with Gasteiger partial charge in [-0.1, -0.05) is 6.92 Å². The normalized spacial score (nSPS) is 11.9. The first-order valence-corrected chi connectivity index (χ1v) is 4.20. The third-order valence-electron chi connectivity index (χ3n) is 1.86. The summed E-state index contributed by atoms with van der Waals surface area (Å²) in [7, 11) is 0. The minimum Gasteiger partial charge on any atom is -0.211 e.